The van der Waals surface area contributed by atoms with Crippen LogP contribution in [0.1, 0.15) is 51.8 Å². The van der Waals surface area contributed by atoms with Crippen LogP contribution in [0, 0.1) is 12.7 Å². The Kier molecular flexibility index (Phi) is 7.11. The minimum Gasteiger partial charge on any atom is -0.391 e. The molecule has 1 amide bonds. The maximum Gasteiger partial charge on any atom is 0.434 e. The van der Waals surface area contributed by atoms with Crippen LogP contribution in [-0.2, 0) is 16.2 Å². The number of hydrogen-bond acceptors (Lipinski definition) is 6. The molecule has 1 aromatic heterocycles. The number of nitrogens with one attached hydrogen (secondary N) is 2. The maximum absolute atomic E-state index is 14.8. The Balaban J connectivity index is 2.18. The lowest BCUT2D eigenvalue weighted by molar-refractivity contribution is -0.138. The molecule has 1 heterocycles. The molecule has 0 aliphatic carbocycles. The first kappa shape index (κ1) is 26.4. The number of amides is 1. The van der Waals surface area contributed by atoms with E-state index in [9.17, 15) is 35.6 Å². The van der Waals surface area contributed by atoms with E-state index in [1.54, 1.807) is 0 Å². The standard InChI is InChI=1S/C20H17ClF4N4O5S/c1-8-12(20(23,24)25)4-5-13(22)15(8)9(2)16(18-27-28-19(31)34-18)29-35(32,33)14-6-3-10(21)7-11(14)17(26)30/h3-7,9,16,29H,1-2H3,(H2,26,30)(H,28,31). The number of H-pyrrole nitrogens is 1. The maximum atomic E-state index is 14.8. The molecule has 0 spiro atoms. The molecule has 0 radical (unpaired) electrons. The average Bonchev–Trinajstić information content (AvgIpc) is 3.16. The summed E-state index contributed by atoms with van der Waals surface area (Å²) in [4.78, 5) is 22.7. The zero-order valence-corrected chi connectivity index (χ0v) is 19.5. The number of hydrogen-bond donors (Lipinski definition) is 3. The Labute approximate surface area is 200 Å². The van der Waals surface area contributed by atoms with Gasteiger partial charge in [-0.1, -0.05) is 18.5 Å². The summed E-state index contributed by atoms with van der Waals surface area (Å²) in [6, 6.07) is 2.60. The van der Waals surface area contributed by atoms with E-state index in [0.29, 0.717) is 12.1 Å². The normalized spacial score (nSPS) is 14.0. The number of rotatable bonds is 7. The van der Waals surface area contributed by atoms with Crippen molar-refractivity contribution >= 4 is 27.5 Å². The first-order valence-corrected chi connectivity index (χ1v) is 11.5. The molecule has 2 unspecified atom stereocenters. The number of alkyl halides is 3. The molecule has 2 aromatic carbocycles. The topological polar surface area (TPSA) is 148 Å². The van der Waals surface area contributed by atoms with Crippen LogP contribution in [0.3, 0.4) is 0 Å². The SMILES string of the molecule is Cc1c(C(F)(F)F)ccc(F)c1C(C)C(NS(=O)(=O)c1ccc(Cl)cc1C(N)=O)c1n[nH]c(=O)o1. The zero-order valence-electron chi connectivity index (χ0n) is 17.9. The lowest BCUT2D eigenvalue weighted by atomic mass is 9.87. The van der Waals surface area contributed by atoms with Crippen LogP contribution < -0.4 is 16.2 Å². The van der Waals surface area contributed by atoms with Gasteiger partial charge in [-0.3, -0.25) is 4.79 Å². The number of halogens is 5. The molecule has 188 valence electrons. The summed E-state index contributed by atoms with van der Waals surface area (Å²) in [6.45, 7) is 2.23. The Hall–Kier alpha value is -3.23. The molecule has 0 fully saturated rings. The highest BCUT2D eigenvalue weighted by Crippen LogP contribution is 2.40. The second-order valence-electron chi connectivity index (χ2n) is 7.48. The smallest absolute Gasteiger partial charge is 0.391 e. The first-order chi connectivity index (χ1) is 16.1. The second-order valence-corrected chi connectivity index (χ2v) is 9.59. The lowest BCUT2D eigenvalue weighted by Gasteiger charge is -2.26. The van der Waals surface area contributed by atoms with Crippen LogP contribution in [0.15, 0.2) is 44.4 Å². The summed E-state index contributed by atoms with van der Waals surface area (Å²) in [5.41, 5.74) is 2.63. The second kappa shape index (κ2) is 9.43. The van der Waals surface area contributed by atoms with E-state index in [4.69, 9.17) is 21.8 Å². The van der Waals surface area contributed by atoms with Gasteiger partial charge in [0.2, 0.25) is 21.8 Å². The predicted molar refractivity (Wildman–Crippen MR) is 115 cm³/mol. The van der Waals surface area contributed by atoms with Gasteiger partial charge in [0.25, 0.3) is 0 Å². The monoisotopic (exact) mass is 536 g/mol. The van der Waals surface area contributed by atoms with Gasteiger partial charge in [-0.15, -0.1) is 5.10 Å². The van der Waals surface area contributed by atoms with Gasteiger partial charge < -0.3 is 10.2 Å². The van der Waals surface area contributed by atoms with Gasteiger partial charge >= 0.3 is 11.9 Å². The van der Waals surface area contributed by atoms with Gasteiger partial charge in [0.15, 0.2) is 0 Å². The van der Waals surface area contributed by atoms with E-state index in [2.05, 4.69) is 9.82 Å². The third-order valence-corrected chi connectivity index (χ3v) is 6.96. The van der Waals surface area contributed by atoms with Crippen molar-refractivity contribution in [2.75, 3.05) is 0 Å². The molecule has 3 aromatic rings. The predicted octanol–water partition coefficient (Wildman–Crippen LogP) is 3.40. The van der Waals surface area contributed by atoms with E-state index in [0.717, 1.165) is 25.1 Å². The summed E-state index contributed by atoms with van der Waals surface area (Å²) < 4.78 is 88.4. The van der Waals surface area contributed by atoms with E-state index < -0.39 is 78.7 Å². The van der Waals surface area contributed by atoms with Crippen molar-refractivity contribution in [2.24, 2.45) is 5.73 Å². The van der Waals surface area contributed by atoms with E-state index >= 15 is 0 Å². The minimum atomic E-state index is -4.82. The first-order valence-electron chi connectivity index (χ1n) is 9.66. The zero-order chi connectivity index (χ0) is 26.3. The fourth-order valence-corrected chi connectivity index (χ4v) is 5.26. The van der Waals surface area contributed by atoms with Crippen molar-refractivity contribution in [1.29, 1.82) is 0 Å². The average molecular weight is 537 g/mol. The molecular formula is C20H17ClF4N4O5S. The van der Waals surface area contributed by atoms with Crippen LogP contribution in [0.4, 0.5) is 17.6 Å². The molecular weight excluding hydrogens is 520 g/mol. The molecule has 0 bridgehead atoms. The van der Waals surface area contributed by atoms with Crippen LogP contribution in [0.25, 0.3) is 0 Å². The van der Waals surface area contributed by atoms with Crippen LogP contribution in [0.2, 0.25) is 5.02 Å². The van der Waals surface area contributed by atoms with Gasteiger partial charge in [-0.05, 0) is 48.4 Å². The van der Waals surface area contributed by atoms with Gasteiger partial charge in [0.05, 0.1) is 16.0 Å². The highest BCUT2D eigenvalue weighted by molar-refractivity contribution is 7.89. The van der Waals surface area contributed by atoms with Gasteiger partial charge in [-0.25, -0.2) is 22.7 Å². The molecule has 15 heteroatoms. The Morgan fingerprint density at radius 2 is 1.91 bits per heavy atom. The number of nitrogens with zero attached hydrogens (tertiary/aromatic N) is 1. The van der Waals surface area contributed by atoms with Crippen molar-refractivity contribution in [3.63, 3.8) is 0 Å². The Bertz CT molecular complexity index is 1450. The summed E-state index contributed by atoms with van der Waals surface area (Å²) in [5, 5.41) is 5.47. The van der Waals surface area contributed by atoms with Gasteiger partial charge in [-0.2, -0.15) is 17.9 Å². The summed E-state index contributed by atoms with van der Waals surface area (Å²) >= 11 is 5.81. The molecule has 0 saturated carbocycles. The number of aromatic amines is 1. The molecule has 0 aliphatic heterocycles. The summed E-state index contributed by atoms with van der Waals surface area (Å²) in [7, 11) is -4.68. The van der Waals surface area contributed by atoms with E-state index in [1.165, 1.54) is 6.92 Å². The molecule has 35 heavy (non-hydrogen) atoms. The van der Waals surface area contributed by atoms with Crippen LogP contribution >= 0.6 is 11.6 Å². The molecule has 0 saturated heterocycles. The van der Waals surface area contributed by atoms with Crippen molar-refractivity contribution in [3.8, 4) is 0 Å². The fraction of sp³-hybridized carbons (Fsp3) is 0.250. The van der Waals surface area contributed by atoms with Crippen LogP contribution in [0.5, 0.6) is 0 Å². The molecule has 0 aliphatic rings. The largest absolute Gasteiger partial charge is 0.434 e. The van der Waals surface area contributed by atoms with Gasteiger partial charge in [0, 0.05) is 10.9 Å². The molecule has 9 nitrogen and oxygen atoms in total. The molecule has 3 rings (SSSR count). The van der Waals surface area contributed by atoms with Crippen molar-refractivity contribution in [2.45, 2.75) is 36.9 Å². The lowest BCUT2D eigenvalue weighted by Crippen LogP contribution is -2.34. The minimum absolute atomic E-state index is 0.00243. The Morgan fingerprint density at radius 1 is 1.26 bits per heavy atom. The molecule has 2 atom stereocenters. The van der Waals surface area contributed by atoms with Crippen molar-refractivity contribution in [3.05, 3.63) is 79.9 Å². The third-order valence-electron chi connectivity index (χ3n) is 5.22. The number of sulfonamides is 1. The van der Waals surface area contributed by atoms with Crippen molar-refractivity contribution in [1.82, 2.24) is 14.9 Å². The summed E-state index contributed by atoms with van der Waals surface area (Å²) in [6.07, 6.45) is -4.82. The highest BCUT2D eigenvalue weighted by Gasteiger charge is 2.38. The van der Waals surface area contributed by atoms with Gasteiger partial charge in [0.1, 0.15) is 11.9 Å². The number of nitrogens with two attached hydrogens (primary N) is 1. The number of carbonyl (C=O) groups excluding carboxylic acids is 1. The highest BCUT2D eigenvalue weighted by atomic mass is 35.5. The van der Waals surface area contributed by atoms with Crippen molar-refractivity contribution < 1.29 is 35.2 Å². The van der Waals surface area contributed by atoms with E-state index in [1.807, 2.05) is 5.10 Å². The summed E-state index contributed by atoms with van der Waals surface area (Å²) in [5.74, 6) is -5.26. The number of primary amides is 1. The fourth-order valence-electron chi connectivity index (χ4n) is 3.63. The number of carbonyl (C=O) groups is 1. The van der Waals surface area contributed by atoms with Crippen LogP contribution in [-0.4, -0.2) is 24.5 Å². The number of benzene rings is 2. The molecule has 4 N–H and O–H groups in total. The van der Waals surface area contributed by atoms with E-state index in [-0.39, 0.29) is 5.02 Å². The number of aromatic nitrogens is 2. The third kappa shape index (κ3) is 5.39. The Morgan fingerprint density at radius 3 is 2.46 bits per heavy atom. The quantitative estimate of drug-likeness (QED) is 0.394.